The van der Waals surface area contributed by atoms with Crippen molar-refractivity contribution in [2.45, 2.75) is 13.5 Å². The van der Waals surface area contributed by atoms with Gasteiger partial charge in [-0.25, -0.2) is 0 Å². The van der Waals surface area contributed by atoms with Gasteiger partial charge in [-0.1, -0.05) is 0 Å². The third-order valence-electron chi connectivity index (χ3n) is 3.12. The number of aryl methyl sites for hydroxylation is 1. The number of rotatable bonds is 4. The first-order chi connectivity index (χ1) is 9.02. The largest absolute Gasteiger partial charge is 0.481 e. The molecule has 2 heterocycles. The van der Waals surface area contributed by atoms with Crippen LogP contribution in [0.2, 0.25) is 0 Å². The molecule has 2 aromatic heterocycles. The summed E-state index contributed by atoms with van der Waals surface area (Å²) >= 11 is 0. The molecule has 0 N–H and O–H groups in total. The molecule has 0 spiro atoms. The van der Waals surface area contributed by atoms with E-state index in [0.717, 1.165) is 17.5 Å². The first-order valence-corrected chi connectivity index (χ1v) is 6.23. The van der Waals surface area contributed by atoms with Gasteiger partial charge >= 0.3 is 0 Å². The lowest BCUT2D eigenvalue weighted by molar-refractivity contribution is 0.381. The van der Waals surface area contributed by atoms with Crippen LogP contribution in [0.15, 0.2) is 23.0 Å². The van der Waals surface area contributed by atoms with Crippen molar-refractivity contribution >= 4 is 11.0 Å². The highest BCUT2D eigenvalue weighted by molar-refractivity contribution is 5.79. The molecule has 0 aromatic carbocycles. The second-order valence-corrected chi connectivity index (χ2v) is 4.85. The first-order valence-electron chi connectivity index (χ1n) is 6.23. The third kappa shape index (κ3) is 2.76. The Labute approximate surface area is 112 Å². The van der Waals surface area contributed by atoms with Gasteiger partial charge in [0.25, 0.3) is 5.56 Å². The standard InChI is InChI=1S/C14H19N3O2/c1-10-9-12(19-4)15-14-11(10)5-6-13(18)17(14)8-7-16(2)3/h5-6,9H,7-8H2,1-4H3. The Balaban J connectivity index is 2.62. The molecule has 0 aliphatic rings. The van der Waals surface area contributed by atoms with Crippen LogP contribution in [0.25, 0.3) is 11.0 Å². The van der Waals surface area contributed by atoms with E-state index in [1.54, 1.807) is 17.7 Å². The zero-order valence-electron chi connectivity index (χ0n) is 11.8. The monoisotopic (exact) mass is 261 g/mol. The molecule has 0 aliphatic carbocycles. The molecule has 0 amide bonds. The average Bonchev–Trinajstić information content (AvgIpc) is 2.36. The molecule has 102 valence electrons. The number of aromatic nitrogens is 2. The molecule has 0 atom stereocenters. The van der Waals surface area contributed by atoms with E-state index < -0.39 is 0 Å². The summed E-state index contributed by atoms with van der Waals surface area (Å²) in [5.74, 6) is 0.536. The van der Waals surface area contributed by atoms with E-state index in [2.05, 4.69) is 4.98 Å². The number of methoxy groups -OCH3 is 1. The highest BCUT2D eigenvalue weighted by Gasteiger charge is 2.09. The normalized spacial score (nSPS) is 11.2. The van der Waals surface area contributed by atoms with Gasteiger partial charge in [-0.05, 0) is 32.6 Å². The van der Waals surface area contributed by atoms with Gasteiger partial charge in [0.2, 0.25) is 5.88 Å². The summed E-state index contributed by atoms with van der Waals surface area (Å²) in [4.78, 5) is 18.5. The highest BCUT2D eigenvalue weighted by atomic mass is 16.5. The molecule has 0 bridgehead atoms. The minimum absolute atomic E-state index is 0.0329. The van der Waals surface area contributed by atoms with Crippen molar-refractivity contribution in [1.82, 2.24) is 14.5 Å². The maximum Gasteiger partial charge on any atom is 0.252 e. The molecular weight excluding hydrogens is 242 g/mol. The van der Waals surface area contributed by atoms with Gasteiger partial charge in [-0.3, -0.25) is 9.36 Å². The van der Waals surface area contributed by atoms with Crippen LogP contribution in [0.4, 0.5) is 0 Å². The summed E-state index contributed by atoms with van der Waals surface area (Å²) in [5.41, 5.74) is 1.71. The number of hydrogen-bond acceptors (Lipinski definition) is 4. The lowest BCUT2D eigenvalue weighted by atomic mass is 10.2. The molecule has 0 saturated carbocycles. The predicted molar refractivity (Wildman–Crippen MR) is 75.8 cm³/mol. The minimum Gasteiger partial charge on any atom is -0.481 e. The smallest absolute Gasteiger partial charge is 0.252 e. The fraction of sp³-hybridized carbons (Fsp3) is 0.429. The summed E-state index contributed by atoms with van der Waals surface area (Å²) in [6, 6.07) is 5.30. The van der Waals surface area contributed by atoms with E-state index in [-0.39, 0.29) is 5.56 Å². The van der Waals surface area contributed by atoms with Gasteiger partial charge in [-0.15, -0.1) is 0 Å². The number of pyridine rings is 2. The SMILES string of the molecule is COc1cc(C)c2ccc(=O)n(CCN(C)C)c2n1. The Hall–Kier alpha value is -1.88. The van der Waals surface area contributed by atoms with Crippen molar-refractivity contribution in [1.29, 1.82) is 0 Å². The summed E-state index contributed by atoms with van der Waals surface area (Å²) in [6.07, 6.45) is 0. The number of fused-ring (bicyclic) bond motifs is 1. The van der Waals surface area contributed by atoms with Gasteiger partial charge in [0, 0.05) is 30.6 Å². The molecular formula is C14H19N3O2. The summed E-state index contributed by atoms with van der Waals surface area (Å²) in [6.45, 7) is 3.40. The van der Waals surface area contributed by atoms with Gasteiger partial charge in [-0.2, -0.15) is 4.98 Å². The fourth-order valence-corrected chi connectivity index (χ4v) is 2.02. The van der Waals surface area contributed by atoms with Crippen molar-refractivity contribution in [3.63, 3.8) is 0 Å². The molecule has 0 radical (unpaired) electrons. The average molecular weight is 261 g/mol. The Morgan fingerprint density at radius 1 is 1.37 bits per heavy atom. The van der Waals surface area contributed by atoms with E-state index in [0.29, 0.717) is 18.1 Å². The van der Waals surface area contributed by atoms with Crippen molar-refractivity contribution < 1.29 is 4.74 Å². The van der Waals surface area contributed by atoms with Crippen LogP contribution in [-0.2, 0) is 6.54 Å². The van der Waals surface area contributed by atoms with E-state index in [9.17, 15) is 4.79 Å². The summed E-state index contributed by atoms with van der Waals surface area (Å²) in [5, 5.41) is 0.985. The maximum atomic E-state index is 12.0. The molecule has 0 unspecified atom stereocenters. The fourth-order valence-electron chi connectivity index (χ4n) is 2.02. The third-order valence-corrected chi connectivity index (χ3v) is 3.12. The highest BCUT2D eigenvalue weighted by Crippen LogP contribution is 2.19. The van der Waals surface area contributed by atoms with Crippen LogP contribution in [0, 0.1) is 6.92 Å². The van der Waals surface area contributed by atoms with Crippen molar-refractivity contribution in [3.05, 3.63) is 34.1 Å². The lowest BCUT2D eigenvalue weighted by Crippen LogP contribution is -2.26. The van der Waals surface area contributed by atoms with Crippen LogP contribution in [0.5, 0.6) is 5.88 Å². The molecule has 19 heavy (non-hydrogen) atoms. The molecule has 0 aliphatic heterocycles. The molecule has 5 nitrogen and oxygen atoms in total. The summed E-state index contributed by atoms with van der Waals surface area (Å²) in [7, 11) is 5.55. The zero-order chi connectivity index (χ0) is 14.0. The van der Waals surface area contributed by atoms with E-state index in [4.69, 9.17) is 4.74 Å². The Bertz CT molecular complexity index is 647. The molecule has 0 saturated heterocycles. The van der Waals surface area contributed by atoms with Gasteiger partial charge in [0.15, 0.2) is 0 Å². The Morgan fingerprint density at radius 3 is 2.74 bits per heavy atom. The number of hydrogen-bond donors (Lipinski definition) is 0. The molecule has 0 fully saturated rings. The predicted octanol–water partition coefficient (Wildman–Crippen LogP) is 1.28. The second-order valence-electron chi connectivity index (χ2n) is 4.85. The minimum atomic E-state index is -0.0329. The van der Waals surface area contributed by atoms with E-state index in [1.165, 1.54) is 0 Å². The maximum absolute atomic E-state index is 12.0. The topological polar surface area (TPSA) is 47.4 Å². The van der Waals surface area contributed by atoms with E-state index >= 15 is 0 Å². The molecule has 5 heteroatoms. The van der Waals surface area contributed by atoms with Crippen molar-refractivity contribution in [2.24, 2.45) is 0 Å². The summed E-state index contributed by atoms with van der Waals surface area (Å²) < 4.78 is 6.89. The van der Waals surface area contributed by atoms with Crippen LogP contribution >= 0.6 is 0 Å². The second kappa shape index (κ2) is 5.40. The van der Waals surface area contributed by atoms with Crippen LogP contribution in [0.1, 0.15) is 5.56 Å². The van der Waals surface area contributed by atoms with Crippen LogP contribution in [-0.4, -0.2) is 42.2 Å². The van der Waals surface area contributed by atoms with Gasteiger partial charge in [0.05, 0.1) is 7.11 Å². The quantitative estimate of drug-likeness (QED) is 0.831. The lowest BCUT2D eigenvalue weighted by Gasteiger charge is -2.14. The van der Waals surface area contributed by atoms with Crippen molar-refractivity contribution in [2.75, 3.05) is 27.7 Å². The number of likely N-dealkylation sites (N-methyl/N-ethyl adjacent to an activating group) is 1. The number of nitrogens with zero attached hydrogens (tertiary/aromatic N) is 3. The Morgan fingerprint density at radius 2 is 2.11 bits per heavy atom. The molecule has 2 rings (SSSR count). The molecule has 2 aromatic rings. The van der Waals surface area contributed by atoms with Gasteiger partial charge < -0.3 is 9.64 Å². The van der Waals surface area contributed by atoms with E-state index in [1.807, 2.05) is 38.1 Å². The number of ether oxygens (including phenoxy) is 1. The first kappa shape index (κ1) is 13.5. The zero-order valence-corrected chi connectivity index (χ0v) is 11.8. The van der Waals surface area contributed by atoms with Crippen LogP contribution < -0.4 is 10.3 Å². The Kier molecular flexibility index (Phi) is 3.85. The van der Waals surface area contributed by atoms with Gasteiger partial charge in [0.1, 0.15) is 5.65 Å². The van der Waals surface area contributed by atoms with Crippen LogP contribution in [0.3, 0.4) is 0 Å². The van der Waals surface area contributed by atoms with Crippen molar-refractivity contribution in [3.8, 4) is 5.88 Å².